The molecule has 0 aromatic carbocycles. The quantitative estimate of drug-likeness (QED) is 0.649. The lowest BCUT2D eigenvalue weighted by Gasteiger charge is -2.12. The second-order valence-corrected chi connectivity index (χ2v) is 4.68. The number of amides is 1. The molecule has 2 atom stereocenters. The summed E-state index contributed by atoms with van der Waals surface area (Å²) in [5.41, 5.74) is 5.48. The molecule has 0 aromatic rings. The molecule has 0 saturated carbocycles. The molecule has 0 spiro atoms. The predicted octanol–water partition coefficient (Wildman–Crippen LogP) is 0.362. The highest BCUT2D eigenvalue weighted by Crippen LogP contribution is 2.18. The second-order valence-electron chi connectivity index (χ2n) is 3.70. The van der Waals surface area contributed by atoms with Crippen LogP contribution in [-0.2, 0) is 9.53 Å². The lowest BCUT2D eigenvalue weighted by Crippen LogP contribution is -2.36. The van der Waals surface area contributed by atoms with Gasteiger partial charge in [-0.25, -0.2) is 0 Å². The molecule has 3 N–H and O–H groups in total. The van der Waals surface area contributed by atoms with Crippen LogP contribution in [-0.4, -0.2) is 43.2 Å². The first-order valence-electron chi connectivity index (χ1n) is 5.40. The molecule has 1 rings (SSSR count). The Hall–Kier alpha value is -0.260. The van der Waals surface area contributed by atoms with E-state index in [1.165, 1.54) is 0 Å². The van der Waals surface area contributed by atoms with Gasteiger partial charge in [0.2, 0.25) is 5.91 Å². The average Bonchev–Trinajstić information content (AvgIpc) is 2.72. The Morgan fingerprint density at radius 1 is 1.60 bits per heavy atom. The number of hydrogen-bond acceptors (Lipinski definition) is 4. The summed E-state index contributed by atoms with van der Waals surface area (Å²) in [7, 11) is 0. The molecule has 1 heterocycles. The van der Waals surface area contributed by atoms with Gasteiger partial charge in [-0.2, -0.15) is 11.8 Å². The van der Waals surface area contributed by atoms with Crippen molar-refractivity contribution in [3.63, 3.8) is 0 Å². The molecule has 0 unspecified atom stereocenters. The van der Waals surface area contributed by atoms with E-state index < -0.39 is 0 Å². The molecule has 4 nitrogen and oxygen atoms in total. The van der Waals surface area contributed by atoms with Gasteiger partial charge in [0.25, 0.3) is 0 Å². The summed E-state index contributed by atoms with van der Waals surface area (Å²) in [6, 6.07) is 0. The Balaban J connectivity index is 2.12. The van der Waals surface area contributed by atoms with Crippen LogP contribution in [0, 0.1) is 0 Å². The molecule has 0 aliphatic carbocycles. The van der Waals surface area contributed by atoms with Crippen LogP contribution in [0.5, 0.6) is 0 Å². The Bertz CT molecular complexity index is 202. The van der Waals surface area contributed by atoms with E-state index in [0.29, 0.717) is 6.54 Å². The molecular weight excluding hydrogens is 212 g/mol. The van der Waals surface area contributed by atoms with Crippen LogP contribution in [0.3, 0.4) is 0 Å². The van der Waals surface area contributed by atoms with Gasteiger partial charge in [-0.15, -0.1) is 0 Å². The fraction of sp³-hybridized carbons (Fsp3) is 0.900. The number of hydrogen-bond donors (Lipinski definition) is 2. The number of nitrogens with one attached hydrogen (secondary N) is 1. The van der Waals surface area contributed by atoms with Gasteiger partial charge in [-0.05, 0) is 31.3 Å². The molecule has 1 aliphatic heterocycles. The number of carbonyl (C=O) groups is 1. The van der Waals surface area contributed by atoms with Crippen molar-refractivity contribution in [2.24, 2.45) is 5.73 Å². The number of carbonyl (C=O) groups excluding carboxylic acids is 1. The van der Waals surface area contributed by atoms with Crippen LogP contribution in [0.25, 0.3) is 0 Å². The Kier molecular flexibility index (Phi) is 6.05. The highest BCUT2D eigenvalue weighted by molar-refractivity contribution is 7.98. The molecule has 88 valence electrons. The monoisotopic (exact) mass is 232 g/mol. The molecule has 1 aliphatic rings. The topological polar surface area (TPSA) is 64.4 Å². The molecule has 1 amide bonds. The summed E-state index contributed by atoms with van der Waals surface area (Å²) < 4.78 is 5.49. The van der Waals surface area contributed by atoms with E-state index in [4.69, 9.17) is 10.5 Å². The van der Waals surface area contributed by atoms with Crippen molar-refractivity contribution in [2.45, 2.75) is 31.5 Å². The van der Waals surface area contributed by atoms with Gasteiger partial charge in [0.1, 0.15) is 6.10 Å². The minimum atomic E-state index is -0.271. The third-order valence-corrected chi connectivity index (χ3v) is 3.18. The van der Waals surface area contributed by atoms with E-state index in [2.05, 4.69) is 11.6 Å². The van der Waals surface area contributed by atoms with Gasteiger partial charge in [-0.1, -0.05) is 0 Å². The van der Waals surface area contributed by atoms with Crippen molar-refractivity contribution in [1.29, 1.82) is 0 Å². The zero-order chi connectivity index (χ0) is 11.1. The van der Waals surface area contributed by atoms with Gasteiger partial charge < -0.3 is 15.8 Å². The highest BCUT2D eigenvalue weighted by atomic mass is 32.2. The normalized spacial score (nSPS) is 25.5. The highest BCUT2D eigenvalue weighted by Gasteiger charge is 2.29. The number of nitrogens with two attached hydrogens (primary N) is 1. The van der Waals surface area contributed by atoms with Gasteiger partial charge in [0.05, 0.1) is 6.10 Å². The number of ether oxygens (including phenoxy) is 1. The zero-order valence-corrected chi connectivity index (χ0v) is 10.0. The Labute approximate surface area is 95.3 Å². The lowest BCUT2D eigenvalue weighted by atomic mass is 10.2. The number of thioether (sulfide) groups is 1. The molecule has 1 fully saturated rings. The van der Waals surface area contributed by atoms with Crippen LogP contribution in [0.2, 0.25) is 0 Å². The molecule has 0 aromatic heterocycles. The molecule has 5 heteroatoms. The standard InChI is InChI=1S/C10H20N2O2S/c1-15-6-2-5-12-10(13)9-4-3-8(7-11)14-9/h8-9H,2-7,11H2,1H3,(H,12,13)/t8-,9+/m1/s1. The molecule has 0 radical (unpaired) electrons. The third kappa shape index (κ3) is 4.40. The summed E-state index contributed by atoms with van der Waals surface area (Å²) in [4.78, 5) is 11.6. The zero-order valence-electron chi connectivity index (χ0n) is 9.20. The minimum Gasteiger partial charge on any atom is -0.364 e. The van der Waals surface area contributed by atoms with E-state index in [9.17, 15) is 4.79 Å². The van der Waals surface area contributed by atoms with E-state index in [1.807, 2.05) is 0 Å². The third-order valence-electron chi connectivity index (χ3n) is 2.49. The van der Waals surface area contributed by atoms with E-state index in [1.54, 1.807) is 11.8 Å². The Morgan fingerprint density at radius 3 is 3.00 bits per heavy atom. The van der Waals surface area contributed by atoms with Crippen molar-refractivity contribution in [1.82, 2.24) is 5.32 Å². The summed E-state index contributed by atoms with van der Waals surface area (Å²) in [6.45, 7) is 1.25. The predicted molar refractivity (Wildman–Crippen MR) is 63.0 cm³/mol. The van der Waals surface area contributed by atoms with E-state index in [0.717, 1.165) is 31.6 Å². The summed E-state index contributed by atoms with van der Waals surface area (Å²) in [5, 5.41) is 2.89. The molecule has 1 saturated heterocycles. The van der Waals surface area contributed by atoms with Gasteiger partial charge in [0.15, 0.2) is 0 Å². The SMILES string of the molecule is CSCCCNC(=O)[C@@H]1CC[C@H](CN)O1. The number of rotatable bonds is 6. The van der Waals surface area contributed by atoms with Crippen molar-refractivity contribution < 1.29 is 9.53 Å². The van der Waals surface area contributed by atoms with Crippen molar-refractivity contribution in [3.05, 3.63) is 0 Å². The van der Waals surface area contributed by atoms with Gasteiger partial charge in [-0.3, -0.25) is 4.79 Å². The van der Waals surface area contributed by atoms with Crippen molar-refractivity contribution in [2.75, 3.05) is 25.1 Å². The van der Waals surface area contributed by atoms with E-state index in [-0.39, 0.29) is 18.1 Å². The minimum absolute atomic E-state index is 0.0204. The summed E-state index contributed by atoms with van der Waals surface area (Å²) in [6.07, 6.45) is 4.59. The fourth-order valence-corrected chi connectivity index (χ4v) is 2.05. The fourth-order valence-electron chi connectivity index (χ4n) is 1.61. The van der Waals surface area contributed by atoms with E-state index >= 15 is 0 Å². The summed E-state index contributed by atoms with van der Waals surface area (Å²) >= 11 is 1.79. The van der Waals surface area contributed by atoms with Gasteiger partial charge >= 0.3 is 0 Å². The first-order valence-corrected chi connectivity index (χ1v) is 6.79. The Morgan fingerprint density at radius 2 is 2.40 bits per heavy atom. The van der Waals surface area contributed by atoms with Crippen molar-refractivity contribution in [3.8, 4) is 0 Å². The average molecular weight is 232 g/mol. The second kappa shape index (κ2) is 7.09. The maximum Gasteiger partial charge on any atom is 0.249 e. The molecule has 15 heavy (non-hydrogen) atoms. The van der Waals surface area contributed by atoms with Crippen LogP contribution in [0.4, 0.5) is 0 Å². The lowest BCUT2D eigenvalue weighted by molar-refractivity contribution is -0.131. The first-order chi connectivity index (χ1) is 7.27. The van der Waals surface area contributed by atoms with Crippen molar-refractivity contribution >= 4 is 17.7 Å². The van der Waals surface area contributed by atoms with Gasteiger partial charge in [0, 0.05) is 13.1 Å². The van der Waals surface area contributed by atoms with Crippen LogP contribution in [0.15, 0.2) is 0 Å². The first kappa shape index (κ1) is 12.8. The van der Waals surface area contributed by atoms with Crippen LogP contribution >= 0.6 is 11.8 Å². The molecule has 0 bridgehead atoms. The summed E-state index contributed by atoms with van der Waals surface area (Å²) in [5.74, 6) is 1.10. The smallest absolute Gasteiger partial charge is 0.249 e. The van der Waals surface area contributed by atoms with Crippen LogP contribution in [0.1, 0.15) is 19.3 Å². The largest absolute Gasteiger partial charge is 0.364 e. The maximum atomic E-state index is 11.6. The maximum absolute atomic E-state index is 11.6. The van der Waals surface area contributed by atoms with Crippen LogP contribution < -0.4 is 11.1 Å². The molecular formula is C10H20N2O2S.